The first-order chi connectivity index (χ1) is 5.77. The molecule has 2 rings (SSSR count). The zero-order chi connectivity index (χ0) is 8.55. The molecule has 1 N–H and O–H groups in total. The molecule has 1 aliphatic heterocycles. The van der Waals surface area contributed by atoms with E-state index >= 15 is 0 Å². The van der Waals surface area contributed by atoms with Crippen LogP contribution in [0.4, 0.5) is 0 Å². The number of fused-ring (bicyclic) bond motifs is 1. The van der Waals surface area contributed by atoms with Gasteiger partial charge in [-0.1, -0.05) is 0 Å². The minimum atomic E-state index is -0.989. The fourth-order valence-corrected chi connectivity index (χ4v) is 1.19. The van der Waals surface area contributed by atoms with Crippen molar-refractivity contribution in [2.24, 2.45) is 0 Å². The summed E-state index contributed by atoms with van der Waals surface area (Å²) in [4.78, 5) is 14.4. The summed E-state index contributed by atoms with van der Waals surface area (Å²) in [7, 11) is 0. The van der Waals surface area contributed by atoms with E-state index < -0.39 is 5.97 Å². The molecule has 72 valence electrons. The first-order valence-corrected chi connectivity index (χ1v) is 3.64. The first kappa shape index (κ1) is 10.0. The summed E-state index contributed by atoms with van der Waals surface area (Å²) in [5.74, 6) is -0.296. The van der Waals surface area contributed by atoms with Crippen molar-refractivity contribution in [3.05, 3.63) is 17.7 Å². The van der Waals surface area contributed by atoms with Crippen molar-refractivity contribution >= 4 is 18.4 Å². The number of rotatable bonds is 1. The third-order valence-corrected chi connectivity index (χ3v) is 1.79. The standard InChI is InChI=1S/C7H8N2O3.ClH/c10-7(11)5-3-9-1-2-12-4-6(9)8-5;/h3H,1-2,4H2,(H,10,11);1H. The number of aromatic carboxylic acids is 1. The Kier molecular flexibility index (Phi) is 2.90. The smallest absolute Gasteiger partial charge is 0.356 e. The predicted octanol–water partition coefficient (Wildman–Crippen LogP) is 0.533. The normalized spacial score (nSPS) is 14.5. The number of carbonyl (C=O) groups is 1. The fourth-order valence-electron chi connectivity index (χ4n) is 1.19. The van der Waals surface area contributed by atoms with E-state index in [1.54, 1.807) is 6.20 Å². The average molecular weight is 205 g/mol. The summed E-state index contributed by atoms with van der Waals surface area (Å²) in [5, 5.41) is 8.62. The number of carboxylic acid groups (broad SMARTS) is 1. The number of imidazole rings is 1. The van der Waals surface area contributed by atoms with Crippen molar-refractivity contribution in [2.45, 2.75) is 13.2 Å². The van der Waals surface area contributed by atoms with Gasteiger partial charge in [0, 0.05) is 12.7 Å². The highest BCUT2D eigenvalue weighted by atomic mass is 35.5. The molecule has 2 heterocycles. The van der Waals surface area contributed by atoms with Crippen LogP contribution in [0.5, 0.6) is 0 Å². The van der Waals surface area contributed by atoms with E-state index in [1.165, 1.54) is 0 Å². The number of aromatic nitrogens is 2. The number of nitrogens with zero attached hydrogens (tertiary/aromatic N) is 2. The number of halogens is 1. The van der Waals surface area contributed by atoms with E-state index in [2.05, 4.69) is 4.98 Å². The Balaban J connectivity index is 0.000000845. The Morgan fingerprint density at radius 1 is 1.69 bits per heavy atom. The van der Waals surface area contributed by atoms with Crippen molar-refractivity contribution in [1.29, 1.82) is 0 Å². The lowest BCUT2D eigenvalue weighted by atomic mass is 10.5. The quantitative estimate of drug-likeness (QED) is 0.725. The average Bonchev–Trinajstić information content (AvgIpc) is 2.46. The van der Waals surface area contributed by atoms with Crippen LogP contribution in [0.25, 0.3) is 0 Å². The Labute approximate surface area is 80.7 Å². The van der Waals surface area contributed by atoms with Crippen LogP contribution in [-0.2, 0) is 17.9 Å². The van der Waals surface area contributed by atoms with Crippen LogP contribution in [-0.4, -0.2) is 27.2 Å². The molecule has 6 heteroatoms. The van der Waals surface area contributed by atoms with Gasteiger partial charge in [-0.2, -0.15) is 0 Å². The summed E-state index contributed by atoms with van der Waals surface area (Å²) < 4.78 is 6.93. The van der Waals surface area contributed by atoms with E-state index in [0.717, 1.165) is 0 Å². The second-order valence-electron chi connectivity index (χ2n) is 2.59. The zero-order valence-electron chi connectivity index (χ0n) is 6.77. The molecular formula is C7H9ClN2O3. The molecule has 0 bridgehead atoms. The fraction of sp³-hybridized carbons (Fsp3) is 0.429. The van der Waals surface area contributed by atoms with Crippen LogP contribution >= 0.6 is 12.4 Å². The van der Waals surface area contributed by atoms with Gasteiger partial charge in [0.2, 0.25) is 0 Å². The molecule has 5 nitrogen and oxygen atoms in total. The Morgan fingerprint density at radius 2 is 2.46 bits per heavy atom. The van der Waals surface area contributed by atoms with Crippen molar-refractivity contribution in [1.82, 2.24) is 9.55 Å². The summed E-state index contributed by atoms with van der Waals surface area (Å²) in [6.07, 6.45) is 1.54. The summed E-state index contributed by atoms with van der Waals surface area (Å²) in [6.45, 7) is 1.73. The number of hydrogen-bond donors (Lipinski definition) is 1. The molecule has 0 spiro atoms. The van der Waals surface area contributed by atoms with Crippen LogP contribution in [0.3, 0.4) is 0 Å². The monoisotopic (exact) mass is 204 g/mol. The number of carboxylic acids is 1. The molecule has 0 unspecified atom stereocenters. The molecule has 1 aliphatic rings. The van der Waals surface area contributed by atoms with Gasteiger partial charge in [-0.15, -0.1) is 12.4 Å². The molecule has 1 aromatic rings. The third kappa shape index (κ3) is 1.81. The van der Waals surface area contributed by atoms with E-state index in [1.807, 2.05) is 4.57 Å². The molecule has 13 heavy (non-hydrogen) atoms. The van der Waals surface area contributed by atoms with E-state index in [9.17, 15) is 4.79 Å². The minimum Gasteiger partial charge on any atom is -0.476 e. The number of ether oxygens (including phenoxy) is 1. The van der Waals surface area contributed by atoms with E-state index in [0.29, 0.717) is 25.6 Å². The molecule has 0 atom stereocenters. The van der Waals surface area contributed by atoms with Crippen LogP contribution in [0, 0.1) is 0 Å². The maximum absolute atomic E-state index is 10.5. The zero-order valence-corrected chi connectivity index (χ0v) is 7.58. The van der Waals surface area contributed by atoms with Gasteiger partial charge in [0.25, 0.3) is 0 Å². The second-order valence-corrected chi connectivity index (χ2v) is 2.59. The Morgan fingerprint density at radius 3 is 3.08 bits per heavy atom. The van der Waals surface area contributed by atoms with E-state index in [4.69, 9.17) is 9.84 Å². The number of hydrogen-bond acceptors (Lipinski definition) is 3. The predicted molar refractivity (Wildman–Crippen MR) is 46.1 cm³/mol. The first-order valence-electron chi connectivity index (χ1n) is 3.64. The van der Waals surface area contributed by atoms with Gasteiger partial charge in [0.15, 0.2) is 5.69 Å². The highest BCUT2D eigenvalue weighted by molar-refractivity contribution is 5.85. The van der Waals surface area contributed by atoms with Crippen molar-refractivity contribution in [3.8, 4) is 0 Å². The highest BCUT2D eigenvalue weighted by Crippen LogP contribution is 2.09. The Hall–Kier alpha value is -1.07. The summed E-state index contributed by atoms with van der Waals surface area (Å²) in [6, 6.07) is 0. The van der Waals surface area contributed by atoms with Gasteiger partial charge in [-0.25, -0.2) is 9.78 Å². The van der Waals surface area contributed by atoms with Gasteiger partial charge in [0.05, 0.1) is 6.61 Å². The van der Waals surface area contributed by atoms with Gasteiger partial charge < -0.3 is 14.4 Å². The van der Waals surface area contributed by atoms with Crippen molar-refractivity contribution in [3.63, 3.8) is 0 Å². The molecule has 0 saturated heterocycles. The van der Waals surface area contributed by atoms with Crippen molar-refractivity contribution < 1.29 is 14.6 Å². The summed E-state index contributed by atoms with van der Waals surface area (Å²) in [5.41, 5.74) is 0.0931. The molecule has 0 radical (unpaired) electrons. The molecular weight excluding hydrogens is 196 g/mol. The van der Waals surface area contributed by atoms with Crippen LogP contribution in [0.1, 0.15) is 16.3 Å². The largest absolute Gasteiger partial charge is 0.476 e. The lowest BCUT2D eigenvalue weighted by molar-refractivity contribution is 0.0690. The summed E-state index contributed by atoms with van der Waals surface area (Å²) >= 11 is 0. The molecule has 0 aromatic carbocycles. The Bertz CT molecular complexity index is 300. The molecule has 0 amide bonds. The third-order valence-electron chi connectivity index (χ3n) is 1.79. The molecule has 0 saturated carbocycles. The van der Waals surface area contributed by atoms with Gasteiger partial charge in [-0.05, 0) is 0 Å². The lowest BCUT2D eigenvalue weighted by Gasteiger charge is -2.13. The maximum Gasteiger partial charge on any atom is 0.356 e. The maximum atomic E-state index is 10.5. The molecule has 0 fully saturated rings. The molecule has 1 aromatic heterocycles. The minimum absolute atomic E-state index is 0. The van der Waals surface area contributed by atoms with Gasteiger partial charge in [-0.3, -0.25) is 0 Å². The van der Waals surface area contributed by atoms with Crippen LogP contribution < -0.4 is 0 Å². The second kappa shape index (κ2) is 3.76. The van der Waals surface area contributed by atoms with Crippen LogP contribution in [0.15, 0.2) is 6.20 Å². The molecule has 0 aliphatic carbocycles. The lowest BCUT2D eigenvalue weighted by Crippen LogP contribution is -2.15. The van der Waals surface area contributed by atoms with Crippen LogP contribution in [0.2, 0.25) is 0 Å². The van der Waals surface area contributed by atoms with E-state index in [-0.39, 0.29) is 18.1 Å². The SMILES string of the molecule is Cl.O=C(O)c1cn2c(n1)COCC2. The van der Waals surface area contributed by atoms with Gasteiger partial charge >= 0.3 is 5.97 Å². The topological polar surface area (TPSA) is 64.3 Å². The van der Waals surface area contributed by atoms with Gasteiger partial charge in [0.1, 0.15) is 12.4 Å². The highest BCUT2D eigenvalue weighted by Gasteiger charge is 2.15. The van der Waals surface area contributed by atoms with Crippen molar-refractivity contribution in [2.75, 3.05) is 6.61 Å².